The Balaban J connectivity index is 1.27. The number of phenolic OH excluding ortho intramolecular Hbond substituents is 1. The molecule has 3 heterocycles. The average molecular weight is 386 g/mol. The van der Waals surface area contributed by atoms with Gasteiger partial charge in [-0.15, -0.1) is 10.2 Å². The van der Waals surface area contributed by atoms with Crippen molar-refractivity contribution in [3.05, 3.63) is 42.7 Å². The van der Waals surface area contributed by atoms with Crippen molar-refractivity contribution in [2.24, 2.45) is 0 Å². The third-order valence-corrected chi connectivity index (χ3v) is 5.11. The van der Waals surface area contributed by atoms with Crippen molar-refractivity contribution in [3.8, 4) is 17.4 Å². The quantitative estimate of drug-likeness (QED) is 0.668. The number of carbonyl (C=O) groups is 1. The Hall–Kier alpha value is -2.94. The lowest BCUT2D eigenvalue weighted by Gasteiger charge is -2.36. The summed E-state index contributed by atoms with van der Waals surface area (Å²) >= 11 is 1.22. The molecule has 1 aliphatic rings. The Morgan fingerprint density at radius 3 is 2.59 bits per heavy atom. The van der Waals surface area contributed by atoms with Gasteiger partial charge in [-0.3, -0.25) is 4.79 Å². The number of furan rings is 1. The van der Waals surface area contributed by atoms with Crippen molar-refractivity contribution in [1.82, 2.24) is 15.1 Å². The highest BCUT2D eigenvalue weighted by atomic mass is 32.2. The minimum atomic E-state index is 0.0445. The van der Waals surface area contributed by atoms with Gasteiger partial charge in [-0.25, -0.2) is 0 Å². The molecule has 0 saturated carbocycles. The molecule has 27 heavy (non-hydrogen) atoms. The molecule has 1 N–H and O–H groups in total. The molecule has 1 amide bonds. The van der Waals surface area contributed by atoms with Crippen LogP contribution in [0.25, 0.3) is 11.7 Å². The van der Waals surface area contributed by atoms with Crippen LogP contribution in [-0.2, 0) is 4.79 Å². The number of nitrogens with zero attached hydrogens (tertiary/aromatic N) is 4. The molecular formula is C18H18N4O4S. The van der Waals surface area contributed by atoms with Crippen LogP contribution in [0.1, 0.15) is 0 Å². The van der Waals surface area contributed by atoms with Gasteiger partial charge in [0, 0.05) is 31.9 Å². The molecule has 1 saturated heterocycles. The van der Waals surface area contributed by atoms with Gasteiger partial charge in [-0.2, -0.15) is 0 Å². The summed E-state index contributed by atoms with van der Waals surface area (Å²) in [4.78, 5) is 16.5. The molecule has 0 bridgehead atoms. The van der Waals surface area contributed by atoms with Crippen LogP contribution in [0, 0.1) is 0 Å². The summed E-state index contributed by atoms with van der Waals surface area (Å²) in [7, 11) is 0. The van der Waals surface area contributed by atoms with E-state index in [0.29, 0.717) is 30.0 Å². The zero-order chi connectivity index (χ0) is 18.6. The van der Waals surface area contributed by atoms with Gasteiger partial charge >= 0.3 is 0 Å². The predicted molar refractivity (Wildman–Crippen MR) is 99.6 cm³/mol. The van der Waals surface area contributed by atoms with E-state index in [1.54, 1.807) is 24.3 Å². The third kappa shape index (κ3) is 4.08. The standard InChI is InChI=1S/C18H18N4O4S/c23-14-5-3-13(4-6-14)21-7-9-22(10-8-21)16(24)12-27-18-20-19-17(26-18)15-2-1-11-25-15/h1-6,11,23H,7-10,12H2. The van der Waals surface area contributed by atoms with Crippen molar-refractivity contribution in [2.75, 3.05) is 36.8 Å². The highest BCUT2D eigenvalue weighted by Crippen LogP contribution is 2.24. The highest BCUT2D eigenvalue weighted by Gasteiger charge is 2.22. The summed E-state index contributed by atoms with van der Waals surface area (Å²) in [5.41, 5.74) is 1.05. The van der Waals surface area contributed by atoms with Crippen LogP contribution in [0.5, 0.6) is 5.75 Å². The van der Waals surface area contributed by atoms with Crippen LogP contribution in [0.2, 0.25) is 0 Å². The van der Waals surface area contributed by atoms with Crippen LogP contribution in [0.4, 0.5) is 5.69 Å². The molecule has 2 aromatic heterocycles. The smallest absolute Gasteiger partial charge is 0.284 e. The first kappa shape index (κ1) is 17.5. The van der Waals surface area contributed by atoms with Crippen LogP contribution in [-0.4, -0.2) is 58.0 Å². The second kappa shape index (κ2) is 7.75. The number of aromatic nitrogens is 2. The van der Waals surface area contributed by atoms with Crippen LogP contribution >= 0.6 is 11.8 Å². The first-order valence-electron chi connectivity index (χ1n) is 8.51. The van der Waals surface area contributed by atoms with Gasteiger partial charge < -0.3 is 23.7 Å². The van der Waals surface area contributed by atoms with Crippen LogP contribution < -0.4 is 4.90 Å². The van der Waals surface area contributed by atoms with Crippen molar-refractivity contribution in [3.63, 3.8) is 0 Å². The normalized spacial score (nSPS) is 14.5. The molecule has 0 spiro atoms. The molecule has 8 nitrogen and oxygen atoms in total. The second-order valence-corrected chi connectivity index (χ2v) is 6.95. The SMILES string of the molecule is O=C(CSc1nnc(-c2ccco2)o1)N1CCN(c2ccc(O)cc2)CC1. The first-order valence-corrected chi connectivity index (χ1v) is 9.49. The van der Waals surface area contributed by atoms with E-state index in [0.717, 1.165) is 18.8 Å². The molecule has 0 radical (unpaired) electrons. The van der Waals surface area contributed by atoms with E-state index >= 15 is 0 Å². The number of aromatic hydroxyl groups is 1. The minimum absolute atomic E-state index is 0.0445. The number of rotatable bonds is 5. The number of piperazine rings is 1. The fraction of sp³-hybridized carbons (Fsp3) is 0.278. The topological polar surface area (TPSA) is 95.8 Å². The Labute approximate surface area is 159 Å². The van der Waals surface area contributed by atoms with Crippen molar-refractivity contribution < 1.29 is 18.7 Å². The summed E-state index contributed by atoms with van der Waals surface area (Å²) in [6.07, 6.45) is 1.54. The van der Waals surface area contributed by atoms with Gasteiger partial charge in [0.15, 0.2) is 5.76 Å². The van der Waals surface area contributed by atoms with E-state index in [1.165, 1.54) is 18.0 Å². The lowest BCUT2D eigenvalue weighted by Crippen LogP contribution is -2.49. The Morgan fingerprint density at radius 1 is 1.11 bits per heavy atom. The van der Waals surface area contributed by atoms with E-state index in [2.05, 4.69) is 15.1 Å². The van der Waals surface area contributed by atoms with Crippen LogP contribution in [0.3, 0.4) is 0 Å². The number of hydrogen-bond acceptors (Lipinski definition) is 8. The summed E-state index contributed by atoms with van der Waals surface area (Å²) < 4.78 is 10.7. The predicted octanol–water partition coefficient (Wildman–Crippen LogP) is 2.48. The maximum atomic E-state index is 12.4. The van der Waals surface area contributed by atoms with Gasteiger partial charge in [0.05, 0.1) is 12.0 Å². The van der Waals surface area contributed by atoms with E-state index in [-0.39, 0.29) is 17.4 Å². The number of benzene rings is 1. The molecule has 140 valence electrons. The first-order chi connectivity index (χ1) is 13.2. The average Bonchev–Trinajstić information content (AvgIpc) is 3.38. The molecular weight excluding hydrogens is 368 g/mol. The van der Waals surface area contributed by atoms with Gasteiger partial charge in [0.2, 0.25) is 5.91 Å². The highest BCUT2D eigenvalue weighted by molar-refractivity contribution is 7.99. The zero-order valence-corrected chi connectivity index (χ0v) is 15.3. The Morgan fingerprint density at radius 2 is 1.89 bits per heavy atom. The molecule has 0 unspecified atom stereocenters. The van der Waals surface area contributed by atoms with Gasteiger partial charge in [0.25, 0.3) is 11.1 Å². The number of thioether (sulfide) groups is 1. The third-order valence-electron chi connectivity index (χ3n) is 4.30. The second-order valence-electron chi connectivity index (χ2n) is 6.02. The maximum absolute atomic E-state index is 12.4. The monoisotopic (exact) mass is 386 g/mol. The largest absolute Gasteiger partial charge is 0.508 e. The molecule has 1 aliphatic heterocycles. The maximum Gasteiger partial charge on any atom is 0.284 e. The lowest BCUT2D eigenvalue weighted by atomic mass is 10.2. The van der Waals surface area contributed by atoms with Gasteiger partial charge in [-0.1, -0.05) is 11.8 Å². The number of phenols is 1. The van der Waals surface area contributed by atoms with Gasteiger partial charge in [-0.05, 0) is 36.4 Å². The van der Waals surface area contributed by atoms with E-state index in [1.807, 2.05) is 17.0 Å². The molecule has 3 aromatic rings. The molecule has 0 aliphatic carbocycles. The van der Waals surface area contributed by atoms with Crippen molar-refractivity contribution >= 4 is 23.4 Å². The lowest BCUT2D eigenvalue weighted by molar-refractivity contribution is -0.128. The van der Waals surface area contributed by atoms with Crippen LogP contribution in [0.15, 0.2) is 56.7 Å². The number of carbonyl (C=O) groups excluding carboxylic acids is 1. The van der Waals surface area contributed by atoms with E-state index < -0.39 is 0 Å². The Bertz CT molecular complexity index is 886. The summed E-state index contributed by atoms with van der Waals surface area (Å²) in [6.45, 7) is 2.82. The number of hydrogen-bond donors (Lipinski definition) is 1. The fourth-order valence-corrected chi connectivity index (χ4v) is 3.53. The van der Waals surface area contributed by atoms with Crippen molar-refractivity contribution in [2.45, 2.75) is 5.22 Å². The summed E-state index contributed by atoms with van der Waals surface area (Å²) in [6, 6.07) is 10.6. The van der Waals surface area contributed by atoms with Gasteiger partial charge in [0.1, 0.15) is 5.75 Å². The molecule has 1 fully saturated rings. The summed E-state index contributed by atoms with van der Waals surface area (Å²) in [5.74, 6) is 1.35. The van der Waals surface area contributed by atoms with Crippen molar-refractivity contribution in [1.29, 1.82) is 0 Å². The Kier molecular flexibility index (Phi) is 5.01. The fourth-order valence-electron chi connectivity index (χ4n) is 2.86. The minimum Gasteiger partial charge on any atom is -0.508 e. The number of amides is 1. The molecule has 1 aromatic carbocycles. The molecule has 4 rings (SSSR count). The van der Waals surface area contributed by atoms with E-state index in [9.17, 15) is 9.90 Å². The summed E-state index contributed by atoms with van der Waals surface area (Å²) in [5, 5.41) is 17.6. The molecule has 0 atom stereocenters. The zero-order valence-electron chi connectivity index (χ0n) is 14.4. The van der Waals surface area contributed by atoms with E-state index in [4.69, 9.17) is 8.83 Å². The number of anilines is 1. The molecule has 9 heteroatoms.